The zero-order chi connectivity index (χ0) is 30.5. The summed E-state index contributed by atoms with van der Waals surface area (Å²) in [5.74, 6) is -2.07. The quantitative estimate of drug-likeness (QED) is 0.246. The van der Waals surface area contributed by atoms with Gasteiger partial charge in [-0.2, -0.15) is 13.2 Å². The Balaban J connectivity index is 1.32. The van der Waals surface area contributed by atoms with Crippen molar-refractivity contribution >= 4 is 28.6 Å². The van der Waals surface area contributed by atoms with Crippen molar-refractivity contribution in [3.63, 3.8) is 0 Å². The number of hydrogen-bond acceptors (Lipinski definition) is 7. The van der Waals surface area contributed by atoms with Crippen LogP contribution in [0.25, 0.3) is 11.0 Å². The first-order valence-corrected chi connectivity index (χ1v) is 14.0. The average Bonchev–Trinajstić information content (AvgIpc) is 3.28. The monoisotopic (exact) mass is 619 g/mol. The third-order valence-electron chi connectivity index (χ3n) is 7.82. The molecule has 0 radical (unpaired) electrons. The molecule has 1 aromatic carbocycles. The number of fused-ring (bicyclic) bond motifs is 2. The van der Waals surface area contributed by atoms with Crippen LogP contribution in [-0.4, -0.2) is 54.8 Å². The second-order valence-corrected chi connectivity index (χ2v) is 11.0. The van der Waals surface area contributed by atoms with Gasteiger partial charge in [-0.05, 0) is 55.7 Å². The molecule has 3 aromatic heterocycles. The molecule has 6 rings (SSSR count). The Morgan fingerprint density at radius 1 is 1.23 bits per heavy atom. The smallest absolute Gasteiger partial charge is 0.421 e. The summed E-state index contributed by atoms with van der Waals surface area (Å²) in [7, 11) is 0. The Morgan fingerprint density at radius 3 is 2.67 bits per heavy atom. The van der Waals surface area contributed by atoms with Crippen molar-refractivity contribution in [2.24, 2.45) is 0 Å². The Bertz CT molecular complexity index is 1690. The van der Waals surface area contributed by atoms with E-state index in [0.29, 0.717) is 53.0 Å². The number of nitrogens with zero attached hydrogens (tertiary/aromatic N) is 5. The van der Waals surface area contributed by atoms with Crippen LogP contribution in [0.2, 0.25) is 5.02 Å². The number of benzene rings is 1. The van der Waals surface area contributed by atoms with Gasteiger partial charge in [-0.3, -0.25) is 9.88 Å². The first-order valence-electron chi connectivity index (χ1n) is 13.6. The van der Waals surface area contributed by atoms with Gasteiger partial charge in [0, 0.05) is 19.3 Å². The molecule has 43 heavy (non-hydrogen) atoms. The maximum atomic E-state index is 15.0. The van der Waals surface area contributed by atoms with Crippen molar-refractivity contribution in [2.45, 2.75) is 57.8 Å². The number of imidazole rings is 1. The number of carboxylic acids is 1. The molecule has 9 nitrogen and oxygen atoms in total. The fraction of sp³-hybridized carbons (Fsp3) is 0.379. The normalized spacial score (nSPS) is 18.8. The summed E-state index contributed by atoms with van der Waals surface area (Å²) in [6, 6.07) is 6.11. The molecular formula is C29H26ClF4N5O4. The van der Waals surface area contributed by atoms with Crippen LogP contribution in [0.4, 0.5) is 17.6 Å². The topological polar surface area (TPSA) is 103 Å². The summed E-state index contributed by atoms with van der Waals surface area (Å²) in [6.07, 6.45) is -2.33. The van der Waals surface area contributed by atoms with E-state index in [0.717, 1.165) is 18.6 Å². The van der Waals surface area contributed by atoms with E-state index in [1.807, 2.05) is 11.8 Å². The Labute approximate surface area is 248 Å². The summed E-state index contributed by atoms with van der Waals surface area (Å²) < 4.78 is 69.9. The highest BCUT2D eigenvalue weighted by atomic mass is 35.5. The van der Waals surface area contributed by atoms with Crippen molar-refractivity contribution in [3.05, 3.63) is 81.3 Å². The predicted octanol–water partition coefficient (Wildman–Crippen LogP) is 5.82. The lowest BCUT2D eigenvalue weighted by molar-refractivity contribution is -0.139. The zero-order valence-corrected chi connectivity index (χ0v) is 23.6. The number of ether oxygens (including phenoxy) is 2. The van der Waals surface area contributed by atoms with Gasteiger partial charge in [-0.15, -0.1) is 0 Å². The van der Waals surface area contributed by atoms with Crippen LogP contribution in [0, 0.1) is 5.82 Å². The van der Waals surface area contributed by atoms with Crippen molar-refractivity contribution in [1.82, 2.24) is 24.4 Å². The van der Waals surface area contributed by atoms with Gasteiger partial charge in [-0.1, -0.05) is 11.6 Å². The Kier molecular flexibility index (Phi) is 7.73. The van der Waals surface area contributed by atoms with E-state index in [2.05, 4.69) is 15.0 Å². The number of aromatic carboxylic acids is 1. The third kappa shape index (κ3) is 5.89. The van der Waals surface area contributed by atoms with Gasteiger partial charge in [0.1, 0.15) is 23.5 Å². The number of alkyl halides is 3. The van der Waals surface area contributed by atoms with E-state index in [1.165, 1.54) is 12.3 Å². The number of carbonyl (C=O) groups is 1. The summed E-state index contributed by atoms with van der Waals surface area (Å²) in [4.78, 5) is 26.6. The van der Waals surface area contributed by atoms with E-state index >= 15 is 0 Å². The van der Waals surface area contributed by atoms with Gasteiger partial charge in [0.2, 0.25) is 5.88 Å². The Hall–Kier alpha value is -3.81. The highest BCUT2D eigenvalue weighted by molar-refractivity contribution is 6.30. The van der Waals surface area contributed by atoms with Gasteiger partial charge < -0.3 is 19.1 Å². The lowest BCUT2D eigenvalue weighted by Crippen LogP contribution is -2.36. The predicted molar refractivity (Wildman–Crippen MR) is 146 cm³/mol. The van der Waals surface area contributed by atoms with E-state index in [1.54, 1.807) is 16.7 Å². The molecule has 1 N–H and O–H groups in total. The maximum Gasteiger partial charge on any atom is 0.421 e. The second-order valence-electron chi connectivity index (χ2n) is 10.6. The minimum Gasteiger partial charge on any atom is -0.478 e. The first-order chi connectivity index (χ1) is 20.5. The van der Waals surface area contributed by atoms with Crippen LogP contribution < -0.4 is 4.74 Å². The van der Waals surface area contributed by atoms with Crippen LogP contribution >= 0.6 is 11.6 Å². The molecule has 0 saturated carbocycles. The molecule has 2 aliphatic heterocycles. The molecule has 5 heterocycles. The summed E-state index contributed by atoms with van der Waals surface area (Å²) >= 11 is 5.85. The van der Waals surface area contributed by atoms with Gasteiger partial charge in [-0.25, -0.2) is 19.2 Å². The van der Waals surface area contributed by atoms with Gasteiger partial charge in [0.15, 0.2) is 5.82 Å². The molecule has 0 unspecified atom stereocenters. The van der Waals surface area contributed by atoms with Crippen molar-refractivity contribution < 1.29 is 36.9 Å². The minimum absolute atomic E-state index is 0.0452. The summed E-state index contributed by atoms with van der Waals surface area (Å²) in [5.41, 5.74) is 0.506. The molecular weight excluding hydrogens is 594 g/mol. The first kappa shape index (κ1) is 29.3. The fourth-order valence-corrected chi connectivity index (χ4v) is 5.51. The third-order valence-corrected chi connectivity index (χ3v) is 8.04. The standard InChI is InChI=1S/C29H26ClF4N5O4/c1-15-25-16(8-21(29(32,33)34)27(37-25)43-14-19-3-2-18(30)11-35-19)4-6-38(15)13-24-36-26-22(31)9-17(28(40)41)10-23(26)39(24)12-20-5-7-42-20/h2-3,8-11,15,20H,4-7,12-14H2,1H3,(H,40,41)/t15-,20-/m0/s1. The van der Waals surface area contributed by atoms with E-state index in [9.17, 15) is 27.5 Å². The number of pyridine rings is 2. The molecule has 0 bridgehead atoms. The van der Waals surface area contributed by atoms with Gasteiger partial charge >= 0.3 is 12.1 Å². The SMILES string of the molecule is C[C@H]1c2nc(OCc3ccc(Cl)cn3)c(C(F)(F)F)cc2CCN1Cc1nc2c(F)cc(C(=O)O)cc2n1C[C@@H]1CCO1. The molecule has 2 atom stereocenters. The Morgan fingerprint density at radius 2 is 2.02 bits per heavy atom. The summed E-state index contributed by atoms with van der Waals surface area (Å²) in [6.45, 7) is 3.17. The number of rotatable bonds is 8. The van der Waals surface area contributed by atoms with Crippen LogP contribution in [0.1, 0.15) is 58.1 Å². The lowest BCUT2D eigenvalue weighted by Gasteiger charge is -2.35. The molecule has 14 heteroatoms. The van der Waals surface area contributed by atoms with E-state index in [4.69, 9.17) is 21.1 Å². The van der Waals surface area contributed by atoms with Crippen LogP contribution in [0.5, 0.6) is 5.88 Å². The molecule has 0 spiro atoms. The van der Waals surface area contributed by atoms with Crippen LogP contribution in [-0.2, 0) is 37.0 Å². The van der Waals surface area contributed by atoms with Crippen molar-refractivity contribution in [2.75, 3.05) is 13.2 Å². The maximum absolute atomic E-state index is 15.0. The molecule has 1 fully saturated rings. The minimum atomic E-state index is -4.68. The largest absolute Gasteiger partial charge is 0.478 e. The van der Waals surface area contributed by atoms with Crippen LogP contribution in [0.15, 0.2) is 36.5 Å². The molecule has 4 aromatic rings. The highest BCUT2D eigenvalue weighted by Gasteiger charge is 2.38. The number of aromatic nitrogens is 4. The molecule has 226 valence electrons. The molecule has 0 aliphatic carbocycles. The fourth-order valence-electron chi connectivity index (χ4n) is 5.40. The molecule has 0 amide bonds. The van der Waals surface area contributed by atoms with Crippen molar-refractivity contribution in [3.8, 4) is 5.88 Å². The number of carboxylic acid groups (broad SMARTS) is 1. The van der Waals surface area contributed by atoms with E-state index in [-0.39, 0.29) is 36.8 Å². The van der Waals surface area contributed by atoms with E-state index < -0.39 is 35.4 Å². The molecule has 1 saturated heterocycles. The number of halogens is 5. The summed E-state index contributed by atoms with van der Waals surface area (Å²) in [5, 5.41) is 9.86. The van der Waals surface area contributed by atoms with Crippen LogP contribution in [0.3, 0.4) is 0 Å². The zero-order valence-electron chi connectivity index (χ0n) is 22.9. The molecule has 2 aliphatic rings. The van der Waals surface area contributed by atoms with Gasteiger partial charge in [0.25, 0.3) is 0 Å². The lowest BCUT2D eigenvalue weighted by atomic mass is 9.97. The number of hydrogen-bond donors (Lipinski definition) is 1. The second kappa shape index (κ2) is 11.4. The average molecular weight is 620 g/mol. The van der Waals surface area contributed by atoms with Gasteiger partial charge in [0.05, 0.1) is 52.7 Å². The highest BCUT2D eigenvalue weighted by Crippen LogP contribution is 2.40. The van der Waals surface area contributed by atoms with Crippen molar-refractivity contribution in [1.29, 1.82) is 0 Å².